The van der Waals surface area contributed by atoms with Crippen molar-refractivity contribution in [1.29, 1.82) is 5.26 Å². The molecule has 80 valence electrons. The summed E-state index contributed by atoms with van der Waals surface area (Å²) in [7, 11) is 1.24. The van der Waals surface area contributed by atoms with Crippen molar-refractivity contribution in [3.05, 3.63) is 29.3 Å². The lowest BCUT2D eigenvalue weighted by Crippen LogP contribution is -2.01. The molecule has 0 heterocycles. The molecule has 0 fully saturated rings. The van der Waals surface area contributed by atoms with Crippen molar-refractivity contribution in [2.75, 3.05) is 7.11 Å². The van der Waals surface area contributed by atoms with Gasteiger partial charge in [-0.15, -0.1) is 0 Å². The van der Waals surface area contributed by atoms with E-state index in [2.05, 4.69) is 16.6 Å². The van der Waals surface area contributed by atoms with Crippen molar-refractivity contribution in [3.8, 4) is 23.7 Å². The summed E-state index contributed by atoms with van der Waals surface area (Å²) in [5.41, 5.74) is 0.633. The van der Waals surface area contributed by atoms with Crippen LogP contribution in [0.1, 0.15) is 22.3 Å². The van der Waals surface area contributed by atoms with Crippen molar-refractivity contribution in [1.82, 2.24) is 0 Å². The topological polar surface area (TPSA) is 70.3 Å². The minimum absolute atomic E-state index is 0.0910. The quantitative estimate of drug-likeness (QED) is 0.568. The normalized spacial score (nSPS) is 8.50. The summed E-state index contributed by atoms with van der Waals surface area (Å²) in [5, 5.41) is 17.8. The van der Waals surface area contributed by atoms with E-state index in [4.69, 9.17) is 5.26 Å². The molecular weight excluding hydrogens is 206 g/mol. The minimum atomic E-state index is -0.603. The monoisotopic (exact) mass is 215 g/mol. The third kappa shape index (κ3) is 2.76. The van der Waals surface area contributed by atoms with E-state index in [0.717, 1.165) is 0 Å². The molecule has 0 aliphatic carbocycles. The van der Waals surface area contributed by atoms with E-state index in [9.17, 15) is 9.90 Å². The third-order valence-corrected chi connectivity index (χ3v) is 1.80. The molecule has 0 amide bonds. The van der Waals surface area contributed by atoms with Gasteiger partial charge in [0.15, 0.2) is 0 Å². The number of hydrogen-bond donors (Lipinski definition) is 1. The van der Waals surface area contributed by atoms with Crippen LogP contribution in [0.25, 0.3) is 0 Å². The number of esters is 1. The first kappa shape index (κ1) is 11.6. The Hall–Kier alpha value is -2.46. The van der Waals surface area contributed by atoms with E-state index in [1.165, 1.54) is 19.2 Å². The van der Waals surface area contributed by atoms with Gasteiger partial charge in [0.1, 0.15) is 11.3 Å². The van der Waals surface area contributed by atoms with Crippen LogP contribution in [-0.2, 0) is 4.74 Å². The van der Waals surface area contributed by atoms with Crippen molar-refractivity contribution in [3.63, 3.8) is 0 Å². The number of aromatic hydroxyl groups is 1. The molecule has 16 heavy (non-hydrogen) atoms. The molecule has 1 aromatic rings. The number of hydrogen-bond acceptors (Lipinski definition) is 4. The SMILES string of the molecule is COC(=O)c1ccc(C#CCC#N)cc1O. The lowest BCUT2D eigenvalue weighted by molar-refractivity contribution is 0.0597. The molecule has 0 aliphatic heterocycles. The van der Waals surface area contributed by atoms with E-state index < -0.39 is 5.97 Å². The largest absolute Gasteiger partial charge is 0.507 e. The zero-order valence-corrected chi connectivity index (χ0v) is 8.65. The van der Waals surface area contributed by atoms with Crippen LogP contribution in [-0.4, -0.2) is 18.2 Å². The fraction of sp³-hybridized carbons (Fsp3) is 0.167. The summed E-state index contributed by atoms with van der Waals surface area (Å²) in [6.07, 6.45) is 0.125. The molecule has 0 atom stereocenters. The highest BCUT2D eigenvalue weighted by Gasteiger charge is 2.10. The van der Waals surface area contributed by atoms with Gasteiger partial charge < -0.3 is 9.84 Å². The number of ether oxygens (including phenoxy) is 1. The molecule has 4 nitrogen and oxygen atoms in total. The van der Waals surface area contributed by atoms with Gasteiger partial charge in [-0.2, -0.15) is 5.26 Å². The second kappa shape index (κ2) is 5.43. The summed E-state index contributed by atoms with van der Waals surface area (Å²) in [6.45, 7) is 0. The molecule has 1 N–H and O–H groups in total. The van der Waals surface area contributed by atoms with E-state index >= 15 is 0 Å². The van der Waals surface area contributed by atoms with Crippen LogP contribution < -0.4 is 0 Å². The molecule has 4 heteroatoms. The Labute approximate surface area is 93.1 Å². The fourth-order valence-corrected chi connectivity index (χ4v) is 1.08. The van der Waals surface area contributed by atoms with Crippen LogP contribution >= 0.6 is 0 Å². The summed E-state index contributed by atoms with van der Waals surface area (Å²) < 4.78 is 4.48. The van der Waals surface area contributed by atoms with Crippen molar-refractivity contribution in [2.24, 2.45) is 0 Å². The number of phenols is 1. The van der Waals surface area contributed by atoms with Gasteiger partial charge in [-0.05, 0) is 18.2 Å². The number of carbonyl (C=O) groups excluding carboxylic acids is 1. The second-order valence-corrected chi connectivity index (χ2v) is 2.86. The van der Waals surface area contributed by atoms with Crippen LogP contribution in [0.5, 0.6) is 5.75 Å². The van der Waals surface area contributed by atoms with E-state index in [0.29, 0.717) is 5.56 Å². The first-order valence-electron chi connectivity index (χ1n) is 4.46. The van der Waals surface area contributed by atoms with Crippen LogP contribution in [0.15, 0.2) is 18.2 Å². The van der Waals surface area contributed by atoms with Crippen molar-refractivity contribution >= 4 is 5.97 Å². The lowest BCUT2D eigenvalue weighted by Gasteiger charge is -2.02. The Balaban J connectivity index is 2.98. The predicted octanol–water partition coefficient (Wildman–Crippen LogP) is 1.44. The highest BCUT2D eigenvalue weighted by Crippen LogP contribution is 2.19. The van der Waals surface area contributed by atoms with Crippen LogP contribution in [0.4, 0.5) is 0 Å². The Bertz CT molecular complexity index is 503. The van der Waals surface area contributed by atoms with E-state index in [1.54, 1.807) is 6.07 Å². The van der Waals surface area contributed by atoms with Gasteiger partial charge in [0, 0.05) is 5.56 Å². The Morgan fingerprint density at radius 1 is 1.56 bits per heavy atom. The average molecular weight is 215 g/mol. The standard InChI is InChI=1S/C12H9NO3/c1-16-12(15)10-6-5-9(8-11(10)14)4-2-3-7-13/h5-6,8,14H,3H2,1H3. The lowest BCUT2D eigenvalue weighted by atomic mass is 10.1. The molecular formula is C12H9NO3. The highest BCUT2D eigenvalue weighted by molar-refractivity contribution is 5.92. The Morgan fingerprint density at radius 3 is 2.88 bits per heavy atom. The maximum atomic E-state index is 11.1. The molecule has 0 unspecified atom stereocenters. The number of benzene rings is 1. The van der Waals surface area contributed by atoms with Crippen molar-refractivity contribution < 1.29 is 14.6 Å². The maximum absolute atomic E-state index is 11.1. The van der Waals surface area contributed by atoms with Gasteiger partial charge in [-0.1, -0.05) is 11.8 Å². The molecule has 1 aromatic carbocycles. The first-order chi connectivity index (χ1) is 7.69. The molecule has 0 aromatic heterocycles. The zero-order valence-electron chi connectivity index (χ0n) is 8.65. The third-order valence-electron chi connectivity index (χ3n) is 1.80. The zero-order chi connectivity index (χ0) is 12.0. The van der Waals surface area contributed by atoms with Gasteiger partial charge in [-0.25, -0.2) is 4.79 Å². The van der Waals surface area contributed by atoms with Gasteiger partial charge in [0.25, 0.3) is 0 Å². The first-order valence-corrected chi connectivity index (χ1v) is 4.46. The molecule has 0 saturated heterocycles. The number of carbonyl (C=O) groups is 1. The summed E-state index contributed by atoms with van der Waals surface area (Å²) in [5.74, 6) is 4.50. The fourth-order valence-electron chi connectivity index (χ4n) is 1.08. The molecule has 0 aliphatic rings. The van der Waals surface area contributed by atoms with Gasteiger partial charge >= 0.3 is 5.97 Å². The second-order valence-electron chi connectivity index (χ2n) is 2.86. The van der Waals surface area contributed by atoms with Crippen LogP contribution in [0, 0.1) is 23.2 Å². The summed E-state index contributed by atoms with van der Waals surface area (Å²) in [4.78, 5) is 11.1. The average Bonchev–Trinajstić information content (AvgIpc) is 2.29. The Morgan fingerprint density at radius 2 is 2.31 bits per heavy atom. The van der Waals surface area contributed by atoms with E-state index in [1.807, 2.05) is 6.07 Å². The molecule has 0 saturated carbocycles. The number of methoxy groups -OCH3 is 1. The molecule has 1 rings (SSSR count). The number of nitriles is 1. The predicted molar refractivity (Wildman–Crippen MR) is 56.6 cm³/mol. The van der Waals surface area contributed by atoms with Gasteiger partial charge in [0.05, 0.1) is 19.6 Å². The molecule has 0 radical (unpaired) electrons. The van der Waals surface area contributed by atoms with Crippen molar-refractivity contribution in [2.45, 2.75) is 6.42 Å². The highest BCUT2D eigenvalue weighted by atomic mass is 16.5. The summed E-state index contributed by atoms with van der Waals surface area (Å²) >= 11 is 0. The van der Waals surface area contributed by atoms with E-state index in [-0.39, 0.29) is 17.7 Å². The number of rotatable bonds is 1. The minimum Gasteiger partial charge on any atom is -0.507 e. The maximum Gasteiger partial charge on any atom is 0.341 e. The Kier molecular flexibility index (Phi) is 3.94. The van der Waals surface area contributed by atoms with Gasteiger partial charge in [-0.3, -0.25) is 0 Å². The number of phenolic OH excluding ortho intramolecular Hbond substituents is 1. The number of nitrogens with zero attached hydrogens (tertiary/aromatic N) is 1. The molecule has 0 spiro atoms. The summed E-state index contributed by atoms with van der Waals surface area (Å²) in [6, 6.07) is 6.25. The smallest absolute Gasteiger partial charge is 0.341 e. The molecule has 0 bridgehead atoms. The van der Waals surface area contributed by atoms with Crippen LogP contribution in [0.2, 0.25) is 0 Å². The van der Waals surface area contributed by atoms with Crippen LogP contribution in [0.3, 0.4) is 0 Å². The van der Waals surface area contributed by atoms with Gasteiger partial charge in [0.2, 0.25) is 0 Å².